The van der Waals surface area contributed by atoms with Gasteiger partial charge in [-0.25, -0.2) is 4.98 Å². The topological polar surface area (TPSA) is 38.0 Å². The molecule has 0 aromatic carbocycles. The van der Waals surface area contributed by atoms with Crippen LogP contribution in [0.15, 0.2) is 6.33 Å². The largest absolute Gasteiger partial charge is 0.388 e. The lowest BCUT2D eigenvalue weighted by Crippen LogP contribution is -2.18. The first kappa shape index (κ1) is 10.7. The normalized spacial score (nSPS) is 18.5. The highest BCUT2D eigenvalue weighted by Crippen LogP contribution is 2.37. The van der Waals surface area contributed by atoms with Crippen molar-refractivity contribution in [3.63, 3.8) is 0 Å². The average molecular weight is 208 g/mol. The van der Waals surface area contributed by atoms with E-state index >= 15 is 0 Å². The fraction of sp³-hybridized carbons (Fsp3) is 0.750. The predicted molar refractivity (Wildman–Crippen MR) is 59.9 cm³/mol. The van der Waals surface area contributed by atoms with Crippen LogP contribution in [0.4, 0.5) is 0 Å². The number of aliphatic hydroxyl groups is 1. The Balaban J connectivity index is 2.23. The second kappa shape index (κ2) is 3.63. The van der Waals surface area contributed by atoms with Crippen molar-refractivity contribution >= 4 is 0 Å². The summed E-state index contributed by atoms with van der Waals surface area (Å²) in [6.07, 6.45) is 4.74. The van der Waals surface area contributed by atoms with Crippen molar-refractivity contribution in [3.8, 4) is 0 Å². The molecule has 3 heteroatoms. The molecule has 0 amide bonds. The molecule has 1 aliphatic rings. The van der Waals surface area contributed by atoms with Crippen molar-refractivity contribution < 1.29 is 5.11 Å². The van der Waals surface area contributed by atoms with Gasteiger partial charge in [0.1, 0.15) is 0 Å². The Labute approximate surface area is 91.1 Å². The highest BCUT2D eigenvalue weighted by molar-refractivity contribution is 5.17. The Morgan fingerprint density at radius 3 is 2.67 bits per heavy atom. The molecule has 0 atom stereocenters. The summed E-state index contributed by atoms with van der Waals surface area (Å²) in [7, 11) is 0. The summed E-state index contributed by atoms with van der Waals surface area (Å²) >= 11 is 0. The monoisotopic (exact) mass is 208 g/mol. The molecule has 84 valence electrons. The van der Waals surface area contributed by atoms with Crippen molar-refractivity contribution in [2.24, 2.45) is 0 Å². The van der Waals surface area contributed by atoms with E-state index in [9.17, 15) is 5.11 Å². The van der Waals surface area contributed by atoms with Gasteiger partial charge in [0.15, 0.2) is 0 Å². The smallest absolute Gasteiger partial charge is 0.0952 e. The lowest BCUT2D eigenvalue weighted by Gasteiger charge is -2.13. The molecule has 3 nitrogen and oxygen atoms in total. The van der Waals surface area contributed by atoms with E-state index in [0.29, 0.717) is 5.92 Å². The summed E-state index contributed by atoms with van der Waals surface area (Å²) in [4.78, 5) is 4.45. The first-order chi connectivity index (χ1) is 7.06. The molecule has 0 saturated heterocycles. The van der Waals surface area contributed by atoms with Crippen LogP contribution in [0.3, 0.4) is 0 Å². The molecular weight excluding hydrogens is 188 g/mol. The van der Waals surface area contributed by atoms with Gasteiger partial charge in [0.05, 0.1) is 24.2 Å². The number of imidazole rings is 1. The van der Waals surface area contributed by atoms with Crippen molar-refractivity contribution in [1.82, 2.24) is 9.55 Å². The summed E-state index contributed by atoms with van der Waals surface area (Å²) in [5.74, 6) is 0.468. The van der Waals surface area contributed by atoms with Crippen LogP contribution < -0.4 is 0 Å². The van der Waals surface area contributed by atoms with Gasteiger partial charge in [0.2, 0.25) is 0 Å². The first-order valence-corrected chi connectivity index (χ1v) is 5.82. The fourth-order valence-electron chi connectivity index (χ4n) is 2.05. The molecule has 1 N–H and O–H groups in total. The minimum atomic E-state index is -0.432. The number of aromatic nitrogens is 2. The fourth-order valence-corrected chi connectivity index (χ4v) is 2.05. The molecule has 15 heavy (non-hydrogen) atoms. The van der Waals surface area contributed by atoms with Gasteiger partial charge in [-0.3, -0.25) is 0 Å². The summed E-state index contributed by atoms with van der Waals surface area (Å²) in [6, 6.07) is 0. The van der Waals surface area contributed by atoms with E-state index in [1.807, 2.05) is 6.33 Å². The lowest BCUT2D eigenvalue weighted by molar-refractivity contribution is 0.128. The van der Waals surface area contributed by atoms with Crippen molar-refractivity contribution in [3.05, 3.63) is 17.7 Å². The molecule has 0 aliphatic heterocycles. The van der Waals surface area contributed by atoms with Crippen LogP contribution in [-0.2, 0) is 13.0 Å². The van der Waals surface area contributed by atoms with Crippen LogP contribution >= 0.6 is 0 Å². The molecule has 2 rings (SSSR count). The number of nitrogens with zero attached hydrogens (tertiary/aromatic N) is 2. The zero-order chi connectivity index (χ0) is 11.1. The Hall–Kier alpha value is -0.830. The van der Waals surface area contributed by atoms with Crippen LogP contribution in [0, 0.1) is 0 Å². The highest BCUT2D eigenvalue weighted by atomic mass is 16.3. The van der Waals surface area contributed by atoms with Crippen LogP contribution in [0.1, 0.15) is 50.9 Å². The summed E-state index contributed by atoms with van der Waals surface area (Å²) < 4.78 is 2.13. The molecule has 1 fully saturated rings. The predicted octanol–water partition coefficient (Wildman–Crippen LogP) is 2.09. The lowest BCUT2D eigenvalue weighted by atomic mass is 10.1. The maximum atomic E-state index is 9.90. The summed E-state index contributed by atoms with van der Waals surface area (Å²) in [5, 5.41) is 9.90. The molecule has 1 saturated carbocycles. The minimum Gasteiger partial charge on any atom is -0.388 e. The van der Waals surface area contributed by atoms with E-state index in [2.05, 4.69) is 30.3 Å². The Morgan fingerprint density at radius 1 is 1.53 bits per heavy atom. The second-order valence-corrected chi connectivity index (χ2v) is 4.94. The number of hydrogen-bond donors (Lipinski definition) is 1. The van der Waals surface area contributed by atoms with E-state index in [1.165, 1.54) is 11.4 Å². The third-order valence-corrected chi connectivity index (χ3v) is 3.15. The van der Waals surface area contributed by atoms with E-state index in [-0.39, 0.29) is 0 Å². The second-order valence-electron chi connectivity index (χ2n) is 4.94. The minimum absolute atomic E-state index is 0.432. The van der Waals surface area contributed by atoms with Gasteiger partial charge >= 0.3 is 0 Å². The van der Waals surface area contributed by atoms with Crippen LogP contribution in [-0.4, -0.2) is 20.3 Å². The summed E-state index contributed by atoms with van der Waals surface area (Å²) in [5.41, 5.74) is 2.03. The molecule has 1 aromatic heterocycles. The summed E-state index contributed by atoms with van der Waals surface area (Å²) in [6.45, 7) is 7.20. The van der Waals surface area contributed by atoms with Crippen molar-refractivity contribution in [2.45, 2.75) is 58.1 Å². The average Bonchev–Trinajstić information content (AvgIpc) is 2.77. The van der Waals surface area contributed by atoms with Crippen LogP contribution in [0.5, 0.6) is 0 Å². The quantitative estimate of drug-likeness (QED) is 0.822. The third kappa shape index (κ3) is 2.07. The standard InChI is InChI=1S/C12H20N2O/c1-4-10-11(9(2)3)13-8-14(10)7-12(15)5-6-12/h8-9,15H,4-7H2,1-3H3. The van der Waals surface area contributed by atoms with Gasteiger partial charge in [0.25, 0.3) is 0 Å². The highest BCUT2D eigenvalue weighted by Gasteiger charge is 2.41. The zero-order valence-electron chi connectivity index (χ0n) is 9.82. The van der Waals surface area contributed by atoms with Gasteiger partial charge in [-0.05, 0) is 25.2 Å². The molecule has 0 bridgehead atoms. The number of hydrogen-bond acceptors (Lipinski definition) is 2. The van der Waals surface area contributed by atoms with E-state index in [1.54, 1.807) is 0 Å². The Bertz CT molecular complexity index is 351. The van der Waals surface area contributed by atoms with E-state index < -0.39 is 5.60 Å². The third-order valence-electron chi connectivity index (χ3n) is 3.15. The van der Waals surface area contributed by atoms with Crippen LogP contribution in [0.25, 0.3) is 0 Å². The van der Waals surface area contributed by atoms with Gasteiger partial charge in [-0.1, -0.05) is 20.8 Å². The van der Waals surface area contributed by atoms with Crippen molar-refractivity contribution in [2.75, 3.05) is 0 Å². The van der Waals surface area contributed by atoms with Crippen LogP contribution in [0.2, 0.25) is 0 Å². The maximum Gasteiger partial charge on any atom is 0.0952 e. The van der Waals surface area contributed by atoms with Gasteiger partial charge < -0.3 is 9.67 Å². The first-order valence-electron chi connectivity index (χ1n) is 5.82. The molecular formula is C12H20N2O. The number of rotatable bonds is 4. The van der Waals surface area contributed by atoms with Gasteiger partial charge in [0, 0.05) is 5.69 Å². The zero-order valence-corrected chi connectivity index (χ0v) is 9.82. The molecule has 1 aromatic rings. The van der Waals surface area contributed by atoms with Crippen molar-refractivity contribution in [1.29, 1.82) is 0 Å². The Kier molecular flexibility index (Phi) is 2.59. The maximum absolute atomic E-state index is 9.90. The SMILES string of the molecule is CCc1c(C(C)C)ncn1CC1(O)CC1. The van der Waals surface area contributed by atoms with E-state index in [4.69, 9.17) is 0 Å². The molecule has 0 radical (unpaired) electrons. The molecule has 0 unspecified atom stereocenters. The molecule has 0 spiro atoms. The molecule has 1 aliphatic carbocycles. The van der Waals surface area contributed by atoms with Gasteiger partial charge in [-0.2, -0.15) is 0 Å². The van der Waals surface area contributed by atoms with E-state index in [0.717, 1.165) is 25.8 Å². The molecule has 1 heterocycles. The Morgan fingerprint density at radius 2 is 2.20 bits per heavy atom. The van der Waals surface area contributed by atoms with Gasteiger partial charge in [-0.15, -0.1) is 0 Å².